The molecule has 1 saturated heterocycles. The summed E-state index contributed by atoms with van der Waals surface area (Å²) in [5.74, 6) is -0.470. The number of rotatable bonds is 5. The lowest BCUT2D eigenvalue weighted by atomic mass is 10.1. The van der Waals surface area contributed by atoms with E-state index in [0.29, 0.717) is 6.04 Å². The number of amides is 2. The fraction of sp³-hybridized carbons (Fsp3) is 0.500. The molecule has 1 aliphatic heterocycles. The molecule has 0 atom stereocenters. The number of carbonyl (C=O) groups is 2. The minimum atomic E-state index is -0.245. The molecule has 1 aromatic rings. The second kappa shape index (κ2) is 7.90. The summed E-state index contributed by atoms with van der Waals surface area (Å²) in [5.41, 5.74) is 0.912. The van der Waals surface area contributed by atoms with Crippen molar-refractivity contribution in [2.45, 2.75) is 25.3 Å². The van der Waals surface area contributed by atoms with Crippen LogP contribution in [0, 0.1) is 0 Å². The molecule has 2 rings (SSSR count). The lowest BCUT2D eigenvalue weighted by Crippen LogP contribution is -2.46. The highest BCUT2D eigenvalue weighted by molar-refractivity contribution is 5.96. The Balaban J connectivity index is 1.74. The van der Waals surface area contributed by atoms with Crippen molar-refractivity contribution in [3.8, 4) is 0 Å². The summed E-state index contributed by atoms with van der Waals surface area (Å²) in [5, 5.41) is 5.76. The highest BCUT2D eigenvalue weighted by Crippen LogP contribution is 2.09. The van der Waals surface area contributed by atoms with Crippen molar-refractivity contribution < 1.29 is 9.59 Å². The van der Waals surface area contributed by atoms with Crippen LogP contribution < -0.4 is 10.6 Å². The second-order valence-corrected chi connectivity index (χ2v) is 5.53. The van der Waals surface area contributed by atoms with Gasteiger partial charge in [0.05, 0.1) is 13.0 Å². The zero-order valence-corrected chi connectivity index (χ0v) is 12.5. The van der Waals surface area contributed by atoms with Gasteiger partial charge in [0.15, 0.2) is 0 Å². The number of nitrogens with one attached hydrogen (secondary N) is 2. The standard InChI is InChI=1S/C16H23N3O2/c1-19(14-7-9-17-10-8-14)12-16(21)18-15(20)11-13-5-3-2-4-6-13/h2-6,14,17H,7-12H2,1H3,(H,18,20,21). The molecule has 114 valence electrons. The van der Waals surface area contributed by atoms with E-state index >= 15 is 0 Å². The van der Waals surface area contributed by atoms with Gasteiger partial charge in [0.1, 0.15) is 0 Å². The molecule has 2 amide bonds. The topological polar surface area (TPSA) is 61.4 Å². The summed E-state index contributed by atoms with van der Waals surface area (Å²) in [4.78, 5) is 25.8. The number of hydrogen-bond donors (Lipinski definition) is 2. The predicted molar refractivity (Wildman–Crippen MR) is 81.8 cm³/mol. The third-order valence-electron chi connectivity index (χ3n) is 3.81. The average Bonchev–Trinajstić information content (AvgIpc) is 2.48. The van der Waals surface area contributed by atoms with Gasteiger partial charge in [0.25, 0.3) is 0 Å². The van der Waals surface area contributed by atoms with Gasteiger partial charge in [-0.1, -0.05) is 30.3 Å². The Labute approximate surface area is 125 Å². The lowest BCUT2D eigenvalue weighted by Gasteiger charge is -2.30. The smallest absolute Gasteiger partial charge is 0.240 e. The third-order valence-corrected chi connectivity index (χ3v) is 3.81. The van der Waals surface area contributed by atoms with Crippen molar-refractivity contribution in [2.24, 2.45) is 0 Å². The van der Waals surface area contributed by atoms with Gasteiger partial charge in [-0.2, -0.15) is 0 Å². The maximum Gasteiger partial charge on any atom is 0.240 e. The molecule has 21 heavy (non-hydrogen) atoms. The van der Waals surface area contributed by atoms with Crippen LogP contribution in [0.15, 0.2) is 30.3 Å². The summed E-state index contributed by atoms with van der Waals surface area (Å²) in [6.07, 6.45) is 2.33. The molecule has 0 bridgehead atoms. The monoisotopic (exact) mass is 289 g/mol. The van der Waals surface area contributed by atoms with E-state index < -0.39 is 0 Å². The zero-order valence-electron chi connectivity index (χ0n) is 12.5. The highest BCUT2D eigenvalue weighted by atomic mass is 16.2. The van der Waals surface area contributed by atoms with Gasteiger partial charge in [0.2, 0.25) is 11.8 Å². The van der Waals surface area contributed by atoms with Gasteiger partial charge >= 0.3 is 0 Å². The van der Waals surface area contributed by atoms with Crippen molar-refractivity contribution in [2.75, 3.05) is 26.7 Å². The summed E-state index contributed by atoms with van der Waals surface area (Å²) in [6, 6.07) is 9.85. The molecule has 5 nitrogen and oxygen atoms in total. The van der Waals surface area contributed by atoms with E-state index in [9.17, 15) is 9.59 Å². The van der Waals surface area contributed by atoms with Crippen LogP contribution in [0.25, 0.3) is 0 Å². The molecule has 0 spiro atoms. The van der Waals surface area contributed by atoms with E-state index in [1.165, 1.54) is 0 Å². The second-order valence-electron chi connectivity index (χ2n) is 5.53. The van der Waals surface area contributed by atoms with Gasteiger partial charge < -0.3 is 5.32 Å². The SMILES string of the molecule is CN(CC(=O)NC(=O)Cc1ccccc1)C1CCNCC1. The predicted octanol–water partition coefficient (Wildman–Crippen LogP) is 0.556. The van der Waals surface area contributed by atoms with Crippen LogP contribution in [0.5, 0.6) is 0 Å². The Kier molecular flexibility index (Phi) is 5.90. The van der Waals surface area contributed by atoms with E-state index in [2.05, 4.69) is 10.6 Å². The molecule has 0 aromatic heterocycles. The number of imide groups is 1. The summed E-state index contributed by atoms with van der Waals surface area (Å²) in [7, 11) is 1.94. The van der Waals surface area contributed by atoms with Crippen LogP contribution in [-0.2, 0) is 16.0 Å². The van der Waals surface area contributed by atoms with Crippen molar-refractivity contribution in [1.82, 2.24) is 15.5 Å². The third kappa shape index (κ3) is 5.28. The van der Waals surface area contributed by atoms with Crippen LogP contribution in [-0.4, -0.2) is 49.4 Å². The Morgan fingerprint density at radius 1 is 1.19 bits per heavy atom. The van der Waals surface area contributed by atoms with E-state index in [0.717, 1.165) is 31.5 Å². The van der Waals surface area contributed by atoms with Gasteiger partial charge in [0, 0.05) is 6.04 Å². The molecule has 1 fully saturated rings. The first-order valence-corrected chi connectivity index (χ1v) is 7.42. The minimum Gasteiger partial charge on any atom is -0.317 e. The zero-order chi connectivity index (χ0) is 15.1. The maximum absolute atomic E-state index is 11.9. The van der Waals surface area contributed by atoms with Crippen molar-refractivity contribution in [3.63, 3.8) is 0 Å². The Hall–Kier alpha value is -1.72. The molecule has 1 aliphatic rings. The molecule has 2 N–H and O–H groups in total. The number of carbonyl (C=O) groups excluding carboxylic acids is 2. The summed E-state index contributed by atoms with van der Waals surface area (Å²) < 4.78 is 0. The van der Waals surface area contributed by atoms with Crippen LogP contribution in [0.2, 0.25) is 0 Å². The van der Waals surface area contributed by atoms with Crippen LogP contribution in [0.4, 0.5) is 0 Å². The van der Waals surface area contributed by atoms with Gasteiger partial charge in [-0.3, -0.25) is 19.8 Å². The Morgan fingerprint density at radius 3 is 2.52 bits per heavy atom. The Bertz CT molecular complexity index is 470. The highest BCUT2D eigenvalue weighted by Gasteiger charge is 2.20. The summed E-state index contributed by atoms with van der Waals surface area (Å²) in [6.45, 7) is 2.25. The minimum absolute atomic E-state index is 0.225. The maximum atomic E-state index is 11.9. The number of benzene rings is 1. The first-order valence-electron chi connectivity index (χ1n) is 7.42. The molecular weight excluding hydrogens is 266 g/mol. The molecule has 0 radical (unpaired) electrons. The fourth-order valence-corrected chi connectivity index (χ4v) is 2.62. The fourth-order valence-electron chi connectivity index (χ4n) is 2.62. The molecular formula is C16H23N3O2. The summed E-state index contributed by atoms with van der Waals surface area (Å²) >= 11 is 0. The molecule has 5 heteroatoms. The first-order chi connectivity index (χ1) is 10.1. The van der Waals surface area contributed by atoms with Gasteiger partial charge in [-0.15, -0.1) is 0 Å². The molecule has 1 aromatic carbocycles. The number of likely N-dealkylation sites (N-methyl/N-ethyl adjacent to an activating group) is 1. The van der Waals surface area contributed by atoms with Gasteiger partial charge in [-0.05, 0) is 38.5 Å². The van der Waals surface area contributed by atoms with Crippen molar-refractivity contribution in [1.29, 1.82) is 0 Å². The molecule has 0 saturated carbocycles. The molecule has 0 aliphatic carbocycles. The number of piperidine rings is 1. The van der Waals surface area contributed by atoms with E-state index in [-0.39, 0.29) is 24.8 Å². The van der Waals surface area contributed by atoms with Crippen LogP contribution >= 0.6 is 0 Å². The lowest BCUT2D eigenvalue weighted by molar-refractivity contribution is -0.130. The van der Waals surface area contributed by atoms with Crippen LogP contribution in [0.3, 0.4) is 0 Å². The number of hydrogen-bond acceptors (Lipinski definition) is 4. The van der Waals surface area contributed by atoms with Gasteiger partial charge in [-0.25, -0.2) is 0 Å². The molecule has 0 unspecified atom stereocenters. The Morgan fingerprint density at radius 2 is 1.86 bits per heavy atom. The first kappa shape index (κ1) is 15.7. The van der Waals surface area contributed by atoms with Crippen LogP contribution in [0.1, 0.15) is 18.4 Å². The van der Waals surface area contributed by atoms with Crippen molar-refractivity contribution in [3.05, 3.63) is 35.9 Å². The van der Waals surface area contributed by atoms with E-state index in [1.54, 1.807) is 0 Å². The quantitative estimate of drug-likeness (QED) is 0.831. The largest absolute Gasteiger partial charge is 0.317 e. The average molecular weight is 289 g/mol. The normalized spacial score (nSPS) is 15.9. The molecule has 1 heterocycles. The van der Waals surface area contributed by atoms with E-state index in [4.69, 9.17) is 0 Å². The van der Waals surface area contributed by atoms with E-state index in [1.807, 2.05) is 42.3 Å². The number of nitrogens with zero attached hydrogens (tertiary/aromatic N) is 1. The van der Waals surface area contributed by atoms with Crippen molar-refractivity contribution >= 4 is 11.8 Å².